The standard InChI is InChI=1S/C28H37F3O/c1-2-3-4-5-6-7-19-8-9-21-17-22(11-10-20(21)16-19)23-12-14-25-24(18-23)13-15-26(27(25)29)32-28(30)31/h12-15,18-22,28H,2-11,16-17H2,1H3/t19-,20?,21-,22?/m1/s1. The maximum absolute atomic E-state index is 14.6. The van der Waals surface area contributed by atoms with Gasteiger partial charge in [-0.05, 0) is 72.8 Å². The van der Waals surface area contributed by atoms with Crippen LogP contribution in [0.1, 0.15) is 95.5 Å². The van der Waals surface area contributed by atoms with Crippen LogP contribution in [0.2, 0.25) is 0 Å². The molecule has 2 aromatic rings. The van der Waals surface area contributed by atoms with Gasteiger partial charge in [0.2, 0.25) is 0 Å². The number of benzene rings is 2. The minimum atomic E-state index is -3.02. The Labute approximate surface area is 190 Å². The van der Waals surface area contributed by atoms with E-state index in [1.165, 1.54) is 88.7 Å². The first-order valence-electron chi connectivity index (χ1n) is 12.7. The Hall–Kier alpha value is -1.71. The Balaban J connectivity index is 1.34. The van der Waals surface area contributed by atoms with Gasteiger partial charge >= 0.3 is 6.61 Å². The molecule has 2 aliphatic rings. The van der Waals surface area contributed by atoms with Crippen molar-refractivity contribution < 1.29 is 17.9 Å². The smallest absolute Gasteiger partial charge is 0.387 e. The number of ether oxygens (including phenoxy) is 1. The molecule has 1 nitrogen and oxygen atoms in total. The summed E-state index contributed by atoms with van der Waals surface area (Å²) in [7, 11) is 0. The molecule has 32 heavy (non-hydrogen) atoms. The number of alkyl halides is 2. The summed E-state index contributed by atoms with van der Waals surface area (Å²) in [6.07, 6.45) is 16.2. The molecule has 0 heterocycles. The van der Waals surface area contributed by atoms with Crippen molar-refractivity contribution in [2.75, 3.05) is 0 Å². The summed E-state index contributed by atoms with van der Waals surface area (Å²) in [4.78, 5) is 0. The molecule has 0 amide bonds. The highest BCUT2D eigenvalue weighted by molar-refractivity contribution is 5.85. The lowest BCUT2D eigenvalue weighted by molar-refractivity contribution is -0.0520. The highest BCUT2D eigenvalue weighted by Gasteiger charge is 2.35. The lowest BCUT2D eigenvalue weighted by Crippen LogP contribution is -2.30. The van der Waals surface area contributed by atoms with E-state index in [1.54, 1.807) is 12.1 Å². The van der Waals surface area contributed by atoms with Crippen molar-refractivity contribution in [3.8, 4) is 5.75 Å². The highest BCUT2D eigenvalue weighted by atomic mass is 19.3. The Bertz CT molecular complexity index is 880. The number of hydrogen-bond donors (Lipinski definition) is 0. The second-order valence-electron chi connectivity index (χ2n) is 10.1. The third kappa shape index (κ3) is 5.61. The molecule has 0 aliphatic heterocycles. The number of fused-ring (bicyclic) bond motifs is 2. The van der Waals surface area contributed by atoms with Crippen molar-refractivity contribution >= 4 is 10.8 Å². The van der Waals surface area contributed by atoms with Crippen LogP contribution in [0.15, 0.2) is 30.3 Å². The summed E-state index contributed by atoms with van der Waals surface area (Å²) >= 11 is 0. The molecule has 0 bridgehead atoms. The van der Waals surface area contributed by atoms with Crippen molar-refractivity contribution in [3.05, 3.63) is 41.7 Å². The Morgan fingerprint density at radius 1 is 0.906 bits per heavy atom. The largest absolute Gasteiger partial charge is 0.432 e. The van der Waals surface area contributed by atoms with Gasteiger partial charge in [-0.25, -0.2) is 4.39 Å². The molecule has 0 aromatic heterocycles. The first kappa shape index (κ1) is 23.4. The zero-order valence-corrected chi connectivity index (χ0v) is 19.3. The first-order valence-corrected chi connectivity index (χ1v) is 12.7. The van der Waals surface area contributed by atoms with Crippen molar-refractivity contribution in [3.63, 3.8) is 0 Å². The maximum atomic E-state index is 14.6. The van der Waals surface area contributed by atoms with Crippen molar-refractivity contribution in [1.29, 1.82) is 0 Å². The number of unbranched alkanes of at least 4 members (excludes halogenated alkanes) is 4. The van der Waals surface area contributed by atoms with Gasteiger partial charge in [0.25, 0.3) is 0 Å². The van der Waals surface area contributed by atoms with Crippen LogP contribution in [-0.4, -0.2) is 6.61 Å². The van der Waals surface area contributed by atoms with Gasteiger partial charge in [0, 0.05) is 5.39 Å². The van der Waals surface area contributed by atoms with E-state index in [4.69, 9.17) is 0 Å². The minimum absolute atomic E-state index is 0.347. The van der Waals surface area contributed by atoms with E-state index in [0.717, 1.165) is 23.1 Å². The summed E-state index contributed by atoms with van der Waals surface area (Å²) < 4.78 is 43.8. The number of halogens is 3. The third-order valence-corrected chi connectivity index (χ3v) is 8.07. The zero-order chi connectivity index (χ0) is 22.5. The highest BCUT2D eigenvalue weighted by Crippen LogP contribution is 2.48. The molecule has 2 aliphatic carbocycles. The van der Waals surface area contributed by atoms with E-state index in [1.807, 2.05) is 6.07 Å². The summed E-state index contributed by atoms with van der Waals surface area (Å²) in [5, 5.41) is 1.11. The molecule has 4 rings (SSSR count). The van der Waals surface area contributed by atoms with Crippen LogP contribution in [0.3, 0.4) is 0 Å². The molecule has 0 saturated heterocycles. The summed E-state index contributed by atoms with van der Waals surface area (Å²) in [5.74, 6) is 2.06. The number of rotatable bonds is 9. The third-order valence-electron chi connectivity index (χ3n) is 8.07. The Morgan fingerprint density at radius 2 is 1.69 bits per heavy atom. The van der Waals surface area contributed by atoms with Crippen molar-refractivity contribution in [1.82, 2.24) is 0 Å². The fourth-order valence-electron chi connectivity index (χ4n) is 6.32. The molecule has 4 atom stereocenters. The fraction of sp³-hybridized carbons (Fsp3) is 0.643. The predicted molar refractivity (Wildman–Crippen MR) is 125 cm³/mol. The molecule has 2 fully saturated rings. The normalized spacial score (nSPS) is 25.8. The van der Waals surface area contributed by atoms with Crippen LogP contribution in [0, 0.1) is 23.6 Å². The van der Waals surface area contributed by atoms with E-state index < -0.39 is 12.4 Å². The molecule has 2 saturated carbocycles. The van der Waals surface area contributed by atoms with Crippen LogP contribution in [0.25, 0.3) is 10.8 Å². The topological polar surface area (TPSA) is 9.23 Å². The predicted octanol–water partition coefficient (Wildman–Crippen LogP) is 9.24. The molecule has 0 spiro atoms. The Kier molecular flexibility index (Phi) is 8.02. The zero-order valence-electron chi connectivity index (χ0n) is 19.3. The van der Waals surface area contributed by atoms with E-state index in [-0.39, 0.29) is 5.75 Å². The van der Waals surface area contributed by atoms with Crippen LogP contribution in [-0.2, 0) is 0 Å². The van der Waals surface area contributed by atoms with E-state index in [0.29, 0.717) is 11.3 Å². The molecule has 2 unspecified atom stereocenters. The van der Waals surface area contributed by atoms with Crippen LogP contribution in [0.5, 0.6) is 5.75 Å². The van der Waals surface area contributed by atoms with Gasteiger partial charge in [-0.3, -0.25) is 0 Å². The first-order chi connectivity index (χ1) is 15.5. The second-order valence-corrected chi connectivity index (χ2v) is 10.1. The molecule has 2 aromatic carbocycles. The van der Waals surface area contributed by atoms with Crippen molar-refractivity contribution in [2.45, 2.75) is 96.5 Å². The lowest BCUT2D eigenvalue weighted by Gasteiger charge is -2.42. The van der Waals surface area contributed by atoms with Gasteiger partial charge in [-0.2, -0.15) is 8.78 Å². The monoisotopic (exact) mass is 446 g/mol. The van der Waals surface area contributed by atoms with E-state index in [9.17, 15) is 13.2 Å². The average molecular weight is 447 g/mol. The number of hydrogen-bond acceptors (Lipinski definition) is 1. The fourth-order valence-corrected chi connectivity index (χ4v) is 6.32. The van der Waals surface area contributed by atoms with Gasteiger partial charge in [-0.1, -0.05) is 76.1 Å². The van der Waals surface area contributed by atoms with E-state index >= 15 is 0 Å². The van der Waals surface area contributed by atoms with Crippen LogP contribution in [0.4, 0.5) is 13.2 Å². The molecular weight excluding hydrogens is 409 g/mol. The van der Waals surface area contributed by atoms with Crippen LogP contribution >= 0.6 is 0 Å². The minimum Gasteiger partial charge on any atom is -0.432 e. The van der Waals surface area contributed by atoms with Crippen LogP contribution < -0.4 is 4.74 Å². The molecular formula is C28H37F3O. The molecule has 0 radical (unpaired) electrons. The van der Waals surface area contributed by atoms with Gasteiger partial charge in [0.15, 0.2) is 11.6 Å². The van der Waals surface area contributed by atoms with Gasteiger partial charge in [-0.15, -0.1) is 0 Å². The Morgan fingerprint density at radius 3 is 2.50 bits per heavy atom. The van der Waals surface area contributed by atoms with Gasteiger partial charge < -0.3 is 4.74 Å². The van der Waals surface area contributed by atoms with Gasteiger partial charge in [0.1, 0.15) is 0 Å². The van der Waals surface area contributed by atoms with Crippen molar-refractivity contribution in [2.24, 2.45) is 17.8 Å². The summed E-state index contributed by atoms with van der Waals surface area (Å²) in [6, 6.07) is 8.78. The lowest BCUT2D eigenvalue weighted by atomic mass is 9.63. The summed E-state index contributed by atoms with van der Waals surface area (Å²) in [6.45, 7) is -0.747. The molecule has 4 heteroatoms. The average Bonchev–Trinajstić information content (AvgIpc) is 2.80. The van der Waals surface area contributed by atoms with Gasteiger partial charge in [0.05, 0.1) is 0 Å². The molecule has 176 valence electrons. The SMILES string of the molecule is CCCCCCC[C@@H]1CC[C@@H]2CC(c3ccc4c(F)c(OC(F)F)ccc4c3)CCC2C1. The second kappa shape index (κ2) is 10.9. The quantitative estimate of drug-likeness (QED) is 0.349. The van der Waals surface area contributed by atoms with E-state index in [2.05, 4.69) is 17.7 Å². The summed E-state index contributed by atoms with van der Waals surface area (Å²) in [5.41, 5.74) is 1.26. The maximum Gasteiger partial charge on any atom is 0.387 e. The molecule has 0 N–H and O–H groups in total.